The first-order valence-electron chi connectivity index (χ1n) is 9.62. The molecule has 3 heterocycles. The minimum Gasteiger partial charge on any atom is -0.376 e. The molecule has 0 amide bonds. The SMILES string of the molecule is Cn1c(=O)c2c(nc(NCC3CCCO3)n2Cc2ccc([N+](=O)[O-])cc2)n(C)c1=O. The Hall–Kier alpha value is -3.47. The molecular formula is C19H22N6O5. The summed E-state index contributed by atoms with van der Waals surface area (Å²) in [6, 6.07) is 6.12. The summed E-state index contributed by atoms with van der Waals surface area (Å²) in [5.74, 6) is 0.442. The predicted molar refractivity (Wildman–Crippen MR) is 110 cm³/mol. The third kappa shape index (κ3) is 3.47. The lowest BCUT2D eigenvalue weighted by Gasteiger charge is -2.13. The van der Waals surface area contributed by atoms with E-state index < -0.39 is 16.2 Å². The van der Waals surface area contributed by atoms with Crippen molar-refractivity contribution in [2.24, 2.45) is 14.1 Å². The molecule has 0 saturated carbocycles. The first-order valence-corrected chi connectivity index (χ1v) is 9.62. The van der Waals surface area contributed by atoms with E-state index >= 15 is 0 Å². The van der Waals surface area contributed by atoms with Crippen LogP contribution in [0, 0.1) is 10.1 Å². The Bertz CT molecular complexity index is 1220. The topological polar surface area (TPSA) is 126 Å². The van der Waals surface area contributed by atoms with Crippen molar-refractivity contribution in [3.63, 3.8) is 0 Å². The zero-order chi connectivity index (χ0) is 21.4. The summed E-state index contributed by atoms with van der Waals surface area (Å²) in [6.45, 7) is 1.51. The summed E-state index contributed by atoms with van der Waals surface area (Å²) in [4.78, 5) is 40.2. The number of rotatable bonds is 6. The van der Waals surface area contributed by atoms with Crippen LogP contribution in [0.3, 0.4) is 0 Å². The summed E-state index contributed by atoms with van der Waals surface area (Å²) < 4.78 is 9.72. The highest BCUT2D eigenvalue weighted by Crippen LogP contribution is 2.20. The lowest BCUT2D eigenvalue weighted by atomic mass is 10.2. The average Bonchev–Trinajstić information content (AvgIpc) is 3.38. The maximum Gasteiger partial charge on any atom is 0.332 e. The van der Waals surface area contributed by atoms with Crippen molar-refractivity contribution < 1.29 is 9.66 Å². The number of nitro benzene ring substituents is 1. The number of anilines is 1. The number of ether oxygens (including phenoxy) is 1. The molecule has 4 rings (SSSR count). The van der Waals surface area contributed by atoms with Gasteiger partial charge in [0, 0.05) is 39.4 Å². The van der Waals surface area contributed by atoms with Crippen LogP contribution < -0.4 is 16.6 Å². The first kappa shape index (κ1) is 19.8. The van der Waals surface area contributed by atoms with Crippen molar-refractivity contribution in [2.75, 3.05) is 18.5 Å². The second-order valence-electron chi connectivity index (χ2n) is 7.34. The minimum absolute atomic E-state index is 0.00993. The molecule has 0 aliphatic carbocycles. The number of benzene rings is 1. The van der Waals surface area contributed by atoms with Gasteiger partial charge in [-0.25, -0.2) is 4.79 Å². The van der Waals surface area contributed by atoms with Gasteiger partial charge in [0.05, 0.1) is 17.6 Å². The molecule has 3 aromatic rings. The zero-order valence-corrected chi connectivity index (χ0v) is 16.7. The maximum atomic E-state index is 12.9. The molecule has 11 heteroatoms. The van der Waals surface area contributed by atoms with Crippen molar-refractivity contribution >= 4 is 22.8 Å². The molecule has 1 aliphatic heterocycles. The van der Waals surface area contributed by atoms with Gasteiger partial charge in [0.15, 0.2) is 11.2 Å². The second-order valence-corrected chi connectivity index (χ2v) is 7.34. The molecule has 2 aromatic heterocycles. The Balaban J connectivity index is 1.79. The van der Waals surface area contributed by atoms with Crippen molar-refractivity contribution in [1.82, 2.24) is 18.7 Å². The summed E-state index contributed by atoms with van der Waals surface area (Å²) in [7, 11) is 2.99. The van der Waals surface area contributed by atoms with Crippen LogP contribution in [0.15, 0.2) is 33.9 Å². The van der Waals surface area contributed by atoms with Crippen LogP contribution in [-0.2, 0) is 25.4 Å². The number of aromatic nitrogens is 4. The highest BCUT2D eigenvalue weighted by molar-refractivity contribution is 5.74. The lowest BCUT2D eigenvalue weighted by Crippen LogP contribution is -2.37. The first-order chi connectivity index (χ1) is 14.4. The number of nitrogens with zero attached hydrogens (tertiary/aromatic N) is 5. The van der Waals surface area contributed by atoms with Gasteiger partial charge in [-0.2, -0.15) is 4.98 Å². The fraction of sp³-hybridized carbons (Fsp3) is 0.421. The molecule has 1 unspecified atom stereocenters. The number of aryl methyl sites for hydroxylation is 1. The molecule has 0 bridgehead atoms. The van der Waals surface area contributed by atoms with E-state index in [1.54, 1.807) is 23.7 Å². The fourth-order valence-electron chi connectivity index (χ4n) is 3.65. The van der Waals surface area contributed by atoms with Gasteiger partial charge < -0.3 is 10.1 Å². The van der Waals surface area contributed by atoms with E-state index in [-0.39, 0.29) is 29.5 Å². The van der Waals surface area contributed by atoms with Crippen LogP contribution in [0.2, 0.25) is 0 Å². The number of nitro groups is 1. The molecular weight excluding hydrogens is 392 g/mol. The lowest BCUT2D eigenvalue weighted by molar-refractivity contribution is -0.384. The number of hydrogen-bond acceptors (Lipinski definition) is 7. The molecule has 158 valence electrons. The summed E-state index contributed by atoms with van der Waals surface area (Å²) >= 11 is 0. The Kier molecular flexibility index (Phi) is 5.12. The number of nitrogens with one attached hydrogen (secondary N) is 1. The molecule has 1 fully saturated rings. The molecule has 0 radical (unpaired) electrons. The van der Waals surface area contributed by atoms with E-state index in [2.05, 4.69) is 10.3 Å². The normalized spacial score (nSPS) is 16.3. The number of non-ortho nitro benzene ring substituents is 1. The Morgan fingerprint density at radius 2 is 1.97 bits per heavy atom. The van der Waals surface area contributed by atoms with Crippen molar-refractivity contribution in [1.29, 1.82) is 0 Å². The summed E-state index contributed by atoms with van der Waals surface area (Å²) in [5.41, 5.74) is 0.402. The molecule has 1 aliphatic rings. The van der Waals surface area contributed by atoms with Crippen molar-refractivity contribution in [3.8, 4) is 0 Å². The second kappa shape index (κ2) is 7.75. The van der Waals surface area contributed by atoms with Gasteiger partial charge in [-0.1, -0.05) is 12.1 Å². The third-order valence-electron chi connectivity index (χ3n) is 5.35. The summed E-state index contributed by atoms with van der Waals surface area (Å²) in [5, 5.41) is 14.2. The smallest absolute Gasteiger partial charge is 0.332 e. The Labute approximate surface area is 170 Å². The fourth-order valence-corrected chi connectivity index (χ4v) is 3.65. The Morgan fingerprint density at radius 3 is 2.60 bits per heavy atom. The third-order valence-corrected chi connectivity index (χ3v) is 5.35. The van der Waals surface area contributed by atoms with Crippen LogP contribution in [0.4, 0.5) is 11.6 Å². The van der Waals surface area contributed by atoms with E-state index in [4.69, 9.17) is 4.74 Å². The molecule has 0 spiro atoms. The Morgan fingerprint density at radius 1 is 1.23 bits per heavy atom. The van der Waals surface area contributed by atoms with Crippen LogP contribution in [0.25, 0.3) is 11.2 Å². The zero-order valence-electron chi connectivity index (χ0n) is 16.7. The maximum absolute atomic E-state index is 12.9. The molecule has 1 N–H and O–H groups in total. The van der Waals surface area contributed by atoms with E-state index in [0.717, 1.165) is 29.6 Å². The van der Waals surface area contributed by atoms with E-state index in [1.165, 1.54) is 23.7 Å². The quantitative estimate of drug-likeness (QED) is 0.471. The van der Waals surface area contributed by atoms with Gasteiger partial charge in [0.1, 0.15) is 0 Å². The largest absolute Gasteiger partial charge is 0.376 e. The minimum atomic E-state index is -0.462. The average molecular weight is 414 g/mol. The van der Waals surface area contributed by atoms with Gasteiger partial charge >= 0.3 is 5.69 Å². The molecule has 1 atom stereocenters. The van der Waals surface area contributed by atoms with E-state index in [9.17, 15) is 19.7 Å². The van der Waals surface area contributed by atoms with Gasteiger partial charge in [-0.05, 0) is 18.4 Å². The van der Waals surface area contributed by atoms with Gasteiger partial charge in [0.2, 0.25) is 5.95 Å². The predicted octanol–water partition coefficient (Wildman–Crippen LogP) is 0.981. The van der Waals surface area contributed by atoms with E-state index in [1.807, 2.05) is 0 Å². The molecule has 30 heavy (non-hydrogen) atoms. The molecule has 1 saturated heterocycles. The standard InChI is InChI=1S/C19H22N6O5/c1-22-16-15(17(26)23(2)19(22)27)24(11-12-5-7-13(8-6-12)25(28)29)18(21-16)20-10-14-4-3-9-30-14/h5-8,14H,3-4,9-11H2,1-2H3,(H,20,21). The van der Waals surface area contributed by atoms with Gasteiger partial charge in [-0.3, -0.25) is 28.6 Å². The van der Waals surface area contributed by atoms with Crippen molar-refractivity contribution in [2.45, 2.75) is 25.5 Å². The van der Waals surface area contributed by atoms with Gasteiger partial charge in [0.25, 0.3) is 11.2 Å². The monoisotopic (exact) mass is 414 g/mol. The number of hydrogen-bond donors (Lipinski definition) is 1. The molecule has 1 aromatic carbocycles. The van der Waals surface area contributed by atoms with E-state index in [0.29, 0.717) is 12.5 Å². The highest BCUT2D eigenvalue weighted by atomic mass is 16.6. The van der Waals surface area contributed by atoms with Crippen molar-refractivity contribution in [3.05, 3.63) is 60.8 Å². The van der Waals surface area contributed by atoms with Crippen LogP contribution in [0.1, 0.15) is 18.4 Å². The number of fused-ring (bicyclic) bond motifs is 1. The summed E-state index contributed by atoms with van der Waals surface area (Å²) in [6.07, 6.45) is 2.00. The van der Waals surface area contributed by atoms with Crippen LogP contribution in [-0.4, -0.2) is 42.9 Å². The molecule has 11 nitrogen and oxygen atoms in total. The van der Waals surface area contributed by atoms with Gasteiger partial charge in [-0.15, -0.1) is 0 Å². The van der Waals surface area contributed by atoms with Crippen LogP contribution in [0.5, 0.6) is 0 Å². The number of imidazole rings is 1. The van der Waals surface area contributed by atoms with Crippen LogP contribution >= 0.6 is 0 Å². The highest BCUT2D eigenvalue weighted by Gasteiger charge is 2.21.